The number of amides is 2. The highest BCUT2D eigenvalue weighted by Gasteiger charge is 2.52. The molecule has 5 aliphatic rings. The molecule has 0 spiro atoms. The fourth-order valence-corrected chi connectivity index (χ4v) is 5.92. The van der Waals surface area contributed by atoms with Crippen LogP contribution in [0.3, 0.4) is 0 Å². The Hall–Kier alpha value is -1.68. The van der Waals surface area contributed by atoms with Crippen molar-refractivity contribution in [2.45, 2.75) is 101 Å². The van der Waals surface area contributed by atoms with Crippen LogP contribution in [0.4, 0.5) is 4.39 Å². The summed E-state index contributed by atoms with van der Waals surface area (Å²) in [6.45, 7) is 0.169. The van der Waals surface area contributed by atoms with Crippen LogP contribution in [0.25, 0.3) is 0 Å². The third kappa shape index (κ3) is 4.14. The van der Waals surface area contributed by atoms with E-state index >= 15 is 0 Å². The molecule has 0 aromatic carbocycles. The number of halogens is 1. The standard InChI is InChI=1S/C22H33FN4O2/c23-16-12-18(13-24)27(15-16)19(28)14-25-22-9-6-21(7-10-22,8-11-22)20(29)26-17-4-2-1-3-5-17/h16-18,25H,1-12,14-15H2,(H,26,29)/t16-,18-,21?,22?/m0/s1. The molecule has 0 radical (unpaired) electrons. The van der Waals surface area contributed by atoms with Crippen LogP contribution in [0.15, 0.2) is 0 Å². The monoisotopic (exact) mass is 404 g/mol. The summed E-state index contributed by atoms with van der Waals surface area (Å²) in [6, 6.07) is 1.74. The average Bonchev–Trinajstić information content (AvgIpc) is 3.15. The number of hydrogen-bond acceptors (Lipinski definition) is 4. The average molecular weight is 405 g/mol. The van der Waals surface area contributed by atoms with Crippen LogP contribution < -0.4 is 10.6 Å². The van der Waals surface area contributed by atoms with Crippen molar-refractivity contribution in [2.24, 2.45) is 5.41 Å². The second-order valence-corrected chi connectivity index (χ2v) is 9.75. The molecule has 1 saturated heterocycles. The van der Waals surface area contributed by atoms with Crippen LogP contribution in [-0.4, -0.2) is 53.6 Å². The SMILES string of the molecule is N#C[C@@H]1C[C@H](F)CN1C(=O)CNC12CCC(C(=O)NC3CCCCC3)(CC1)CC2. The van der Waals surface area contributed by atoms with E-state index in [1.165, 1.54) is 24.2 Å². The minimum absolute atomic E-state index is 0.0240. The van der Waals surface area contributed by atoms with E-state index < -0.39 is 12.2 Å². The molecule has 1 aliphatic heterocycles. The second-order valence-electron chi connectivity index (χ2n) is 9.75. The van der Waals surface area contributed by atoms with Crippen molar-refractivity contribution in [2.75, 3.05) is 13.1 Å². The van der Waals surface area contributed by atoms with Crippen molar-refractivity contribution < 1.29 is 14.0 Å². The fraction of sp³-hybridized carbons (Fsp3) is 0.864. The molecule has 0 aromatic heterocycles. The summed E-state index contributed by atoms with van der Waals surface area (Å²) in [7, 11) is 0. The third-order valence-corrected chi connectivity index (χ3v) is 8.00. The Morgan fingerprint density at radius 2 is 1.72 bits per heavy atom. The van der Waals surface area contributed by atoms with Gasteiger partial charge in [0.05, 0.1) is 19.2 Å². The highest BCUT2D eigenvalue weighted by Crippen LogP contribution is 2.52. The molecule has 2 amide bonds. The van der Waals surface area contributed by atoms with Gasteiger partial charge in [0.25, 0.3) is 0 Å². The van der Waals surface area contributed by atoms with E-state index in [0.29, 0.717) is 6.04 Å². The number of likely N-dealkylation sites (tertiary alicyclic amines) is 1. The number of carbonyl (C=O) groups is 2. The Kier molecular flexibility index (Phi) is 5.83. The van der Waals surface area contributed by atoms with E-state index in [4.69, 9.17) is 5.26 Å². The molecular formula is C22H33FN4O2. The van der Waals surface area contributed by atoms with Crippen LogP contribution in [0.2, 0.25) is 0 Å². The van der Waals surface area contributed by atoms with Crippen molar-refractivity contribution in [3.63, 3.8) is 0 Å². The minimum atomic E-state index is -1.10. The first-order valence-corrected chi connectivity index (χ1v) is 11.3. The maximum atomic E-state index is 13.6. The zero-order valence-electron chi connectivity index (χ0n) is 17.2. The van der Waals surface area contributed by atoms with Crippen molar-refractivity contribution >= 4 is 11.8 Å². The lowest BCUT2D eigenvalue weighted by Gasteiger charge is -2.53. The Morgan fingerprint density at radius 1 is 1.07 bits per heavy atom. The molecule has 5 fully saturated rings. The first-order chi connectivity index (χ1) is 14.0. The van der Waals surface area contributed by atoms with Crippen LogP contribution in [0, 0.1) is 16.7 Å². The summed E-state index contributed by atoms with van der Waals surface area (Å²) < 4.78 is 13.6. The molecule has 2 bridgehead atoms. The van der Waals surface area contributed by atoms with Gasteiger partial charge in [0.1, 0.15) is 12.2 Å². The van der Waals surface area contributed by atoms with Gasteiger partial charge in [-0.15, -0.1) is 0 Å². The van der Waals surface area contributed by atoms with Crippen LogP contribution in [-0.2, 0) is 9.59 Å². The normalized spacial score (nSPS) is 37.3. The molecule has 6 nitrogen and oxygen atoms in total. The molecule has 1 heterocycles. The number of nitriles is 1. The third-order valence-electron chi connectivity index (χ3n) is 8.00. The van der Waals surface area contributed by atoms with Gasteiger partial charge in [0.2, 0.25) is 11.8 Å². The largest absolute Gasteiger partial charge is 0.353 e. The molecule has 0 aromatic rings. The molecule has 29 heavy (non-hydrogen) atoms. The summed E-state index contributed by atoms with van der Waals surface area (Å²) in [4.78, 5) is 27.0. The maximum absolute atomic E-state index is 13.6. The molecule has 4 saturated carbocycles. The molecule has 2 N–H and O–H groups in total. The molecule has 4 aliphatic carbocycles. The number of alkyl halides is 1. The molecule has 5 rings (SSSR count). The Morgan fingerprint density at radius 3 is 2.34 bits per heavy atom. The predicted octanol–water partition coefficient (Wildman–Crippen LogP) is 2.58. The number of hydrogen-bond donors (Lipinski definition) is 2. The van der Waals surface area contributed by atoms with E-state index in [1.807, 2.05) is 6.07 Å². The van der Waals surface area contributed by atoms with Crippen molar-refractivity contribution in [3.8, 4) is 6.07 Å². The van der Waals surface area contributed by atoms with E-state index in [0.717, 1.165) is 51.4 Å². The number of fused-ring (bicyclic) bond motifs is 3. The van der Waals surface area contributed by atoms with E-state index in [1.54, 1.807) is 0 Å². The first kappa shape index (κ1) is 20.6. The lowest BCUT2D eigenvalue weighted by Crippen LogP contribution is -2.60. The first-order valence-electron chi connectivity index (χ1n) is 11.3. The molecule has 0 unspecified atom stereocenters. The van der Waals surface area contributed by atoms with Gasteiger partial charge in [-0.05, 0) is 51.4 Å². The Labute approximate surface area is 172 Å². The predicted molar refractivity (Wildman–Crippen MR) is 107 cm³/mol. The van der Waals surface area contributed by atoms with Gasteiger partial charge in [0, 0.05) is 23.4 Å². The van der Waals surface area contributed by atoms with Crippen molar-refractivity contribution in [1.82, 2.24) is 15.5 Å². The second kappa shape index (κ2) is 8.22. The topological polar surface area (TPSA) is 85.2 Å². The number of carbonyl (C=O) groups excluding carboxylic acids is 2. The van der Waals surface area contributed by atoms with Gasteiger partial charge < -0.3 is 15.5 Å². The summed E-state index contributed by atoms with van der Waals surface area (Å²) in [5.41, 5.74) is -0.327. The van der Waals surface area contributed by atoms with Gasteiger partial charge in [-0.25, -0.2) is 4.39 Å². The van der Waals surface area contributed by atoms with Gasteiger partial charge in [0.15, 0.2) is 0 Å². The molecular weight excluding hydrogens is 371 g/mol. The summed E-state index contributed by atoms with van der Waals surface area (Å²) in [6.07, 6.45) is 10.2. The van der Waals surface area contributed by atoms with Gasteiger partial charge in [-0.2, -0.15) is 5.26 Å². The van der Waals surface area contributed by atoms with Gasteiger partial charge in [-0.3, -0.25) is 9.59 Å². The zero-order valence-corrected chi connectivity index (χ0v) is 17.2. The van der Waals surface area contributed by atoms with E-state index in [-0.39, 0.29) is 42.3 Å². The lowest BCUT2D eigenvalue weighted by molar-refractivity contribution is -0.140. The van der Waals surface area contributed by atoms with E-state index in [9.17, 15) is 14.0 Å². The number of rotatable bonds is 5. The van der Waals surface area contributed by atoms with Crippen LogP contribution >= 0.6 is 0 Å². The number of nitrogens with zero attached hydrogens (tertiary/aromatic N) is 2. The number of nitrogens with one attached hydrogen (secondary N) is 2. The smallest absolute Gasteiger partial charge is 0.237 e. The van der Waals surface area contributed by atoms with Crippen molar-refractivity contribution in [1.29, 1.82) is 5.26 Å². The van der Waals surface area contributed by atoms with E-state index in [2.05, 4.69) is 10.6 Å². The summed E-state index contributed by atoms with van der Waals surface area (Å²) in [5, 5.41) is 15.9. The zero-order chi connectivity index (χ0) is 20.5. The maximum Gasteiger partial charge on any atom is 0.237 e. The quantitative estimate of drug-likeness (QED) is 0.738. The molecule has 160 valence electrons. The van der Waals surface area contributed by atoms with Gasteiger partial charge >= 0.3 is 0 Å². The van der Waals surface area contributed by atoms with Gasteiger partial charge in [-0.1, -0.05) is 19.3 Å². The highest BCUT2D eigenvalue weighted by atomic mass is 19.1. The lowest BCUT2D eigenvalue weighted by atomic mass is 9.56. The summed E-state index contributed by atoms with van der Waals surface area (Å²) in [5.74, 6) is 0.0558. The Balaban J connectivity index is 1.29. The minimum Gasteiger partial charge on any atom is -0.353 e. The fourth-order valence-electron chi connectivity index (χ4n) is 5.92. The molecule has 2 atom stereocenters. The summed E-state index contributed by atoms with van der Waals surface area (Å²) >= 11 is 0. The van der Waals surface area contributed by atoms with Crippen molar-refractivity contribution in [3.05, 3.63) is 0 Å². The molecule has 7 heteroatoms. The van der Waals surface area contributed by atoms with Crippen LogP contribution in [0.1, 0.15) is 77.0 Å². The highest BCUT2D eigenvalue weighted by molar-refractivity contribution is 5.83. The Bertz CT molecular complexity index is 660. The van der Waals surface area contributed by atoms with Crippen LogP contribution in [0.5, 0.6) is 0 Å².